The summed E-state index contributed by atoms with van der Waals surface area (Å²) in [5.41, 5.74) is 1.79. The minimum Gasteiger partial charge on any atom is -0.444 e. The van der Waals surface area contributed by atoms with Gasteiger partial charge in [-0.25, -0.2) is 14.6 Å². The Kier molecular flexibility index (Phi) is 7.22. The largest absolute Gasteiger partial charge is 0.444 e. The van der Waals surface area contributed by atoms with E-state index in [1.54, 1.807) is 21.9 Å². The van der Waals surface area contributed by atoms with Crippen LogP contribution < -0.4 is 15.1 Å². The van der Waals surface area contributed by atoms with Gasteiger partial charge < -0.3 is 19.9 Å². The topological polar surface area (TPSA) is 78.0 Å². The first-order valence-electron chi connectivity index (χ1n) is 14.5. The van der Waals surface area contributed by atoms with Gasteiger partial charge in [0, 0.05) is 43.3 Å². The van der Waals surface area contributed by atoms with Gasteiger partial charge in [0.1, 0.15) is 5.60 Å². The van der Waals surface area contributed by atoms with Crippen molar-refractivity contribution in [2.75, 3.05) is 41.3 Å². The maximum Gasteiger partial charge on any atom is 0.416 e. The fraction of sp³-hybridized carbons (Fsp3) is 0.406. The van der Waals surface area contributed by atoms with Crippen molar-refractivity contribution in [3.8, 4) is 11.3 Å². The number of rotatable bonds is 3. The molecule has 3 aliphatic rings. The average Bonchev–Trinajstić information content (AvgIpc) is 3.61. The van der Waals surface area contributed by atoms with Crippen molar-refractivity contribution >= 4 is 29.3 Å². The van der Waals surface area contributed by atoms with Crippen LogP contribution in [0.2, 0.25) is 0 Å². The van der Waals surface area contributed by atoms with Crippen LogP contribution in [0.4, 0.5) is 40.0 Å². The molecule has 0 radical (unpaired) electrons. The van der Waals surface area contributed by atoms with Crippen molar-refractivity contribution in [1.29, 1.82) is 0 Å². The minimum atomic E-state index is -4.47. The number of aromatic nitrogens is 1. The van der Waals surface area contributed by atoms with Crippen molar-refractivity contribution < 1.29 is 27.5 Å². The molecule has 1 N–H and O–H groups in total. The summed E-state index contributed by atoms with van der Waals surface area (Å²) < 4.78 is 45.6. The Hall–Kier alpha value is -4.28. The van der Waals surface area contributed by atoms with Gasteiger partial charge in [0.25, 0.3) is 0 Å². The lowest BCUT2D eigenvalue weighted by Gasteiger charge is -2.36. The molecule has 6 rings (SSSR count). The Balaban J connectivity index is 1.22. The third kappa shape index (κ3) is 5.98. The van der Waals surface area contributed by atoms with Crippen LogP contribution in [0.1, 0.15) is 50.7 Å². The van der Waals surface area contributed by atoms with Gasteiger partial charge in [0.2, 0.25) is 0 Å². The summed E-state index contributed by atoms with van der Waals surface area (Å²) in [5, 5.41) is 3.03. The van der Waals surface area contributed by atoms with Crippen molar-refractivity contribution in [3.05, 3.63) is 71.8 Å². The summed E-state index contributed by atoms with van der Waals surface area (Å²) in [6.07, 6.45) is -3.25. The lowest BCUT2D eigenvalue weighted by atomic mass is 9.98. The fourth-order valence-corrected chi connectivity index (χ4v) is 6.07. The second-order valence-corrected chi connectivity index (χ2v) is 12.3. The van der Waals surface area contributed by atoms with E-state index in [0.717, 1.165) is 42.8 Å². The quantitative estimate of drug-likeness (QED) is 0.350. The fourth-order valence-electron chi connectivity index (χ4n) is 6.07. The van der Waals surface area contributed by atoms with E-state index in [9.17, 15) is 22.8 Å². The van der Waals surface area contributed by atoms with Crippen LogP contribution in [0.5, 0.6) is 0 Å². The van der Waals surface area contributed by atoms with E-state index >= 15 is 0 Å². The number of carbonyl (C=O) groups is 2. The normalized spacial score (nSPS) is 19.8. The van der Waals surface area contributed by atoms with Crippen molar-refractivity contribution in [1.82, 2.24) is 9.88 Å². The van der Waals surface area contributed by atoms with E-state index < -0.39 is 17.3 Å². The molecule has 3 amide bonds. The molecule has 0 saturated carbocycles. The first kappa shape index (κ1) is 28.8. The van der Waals surface area contributed by atoms with Crippen molar-refractivity contribution in [2.24, 2.45) is 0 Å². The number of hydrogen-bond acceptors (Lipinski definition) is 5. The van der Waals surface area contributed by atoms with Gasteiger partial charge in [-0.3, -0.25) is 4.90 Å². The van der Waals surface area contributed by atoms with Crippen LogP contribution in [0, 0.1) is 0 Å². The number of fused-ring (bicyclic) bond motifs is 4. The maximum atomic E-state index is 13.8. The molecule has 2 bridgehead atoms. The van der Waals surface area contributed by atoms with E-state index in [-0.39, 0.29) is 24.1 Å². The Labute approximate surface area is 248 Å². The number of halogens is 3. The van der Waals surface area contributed by atoms with E-state index in [4.69, 9.17) is 9.72 Å². The van der Waals surface area contributed by atoms with Crippen LogP contribution >= 0.6 is 0 Å². The first-order chi connectivity index (χ1) is 20.4. The van der Waals surface area contributed by atoms with E-state index in [1.807, 2.05) is 51.1 Å². The molecule has 0 spiro atoms. The minimum absolute atomic E-state index is 0.111. The number of anilines is 3. The van der Waals surface area contributed by atoms with Crippen LogP contribution in [-0.2, 0) is 10.9 Å². The number of pyridine rings is 1. The van der Waals surface area contributed by atoms with Crippen LogP contribution in [0.15, 0.2) is 60.7 Å². The zero-order valence-electron chi connectivity index (χ0n) is 24.3. The SMILES string of the molecule is CC(C)(C)OC(=O)N1CC[C@@H](c2cccc(NC(=O)N3c4nc(-c5cccc(C(F)(F)F)c5)ccc4N4CC[C@H]3C4)c2)C1. The summed E-state index contributed by atoms with van der Waals surface area (Å²) in [7, 11) is 0. The Morgan fingerprint density at radius 1 is 0.953 bits per heavy atom. The second kappa shape index (κ2) is 10.8. The number of benzene rings is 2. The predicted octanol–water partition coefficient (Wildman–Crippen LogP) is 7.12. The van der Waals surface area contributed by atoms with Crippen LogP contribution in [-0.4, -0.2) is 59.8 Å². The third-order valence-electron chi connectivity index (χ3n) is 8.11. The van der Waals surface area contributed by atoms with Gasteiger partial charge >= 0.3 is 18.3 Å². The summed E-state index contributed by atoms with van der Waals surface area (Å²) in [4.78, 5) is 36.6. The number of amides is 3. The van der Waals surface area contributed by atoms with Gasteiger partial charge in [-0.15, -0.1) is 0 Å². The lowest BCUT2D eigenvalue weighted by molar-refractivity contribution is -0.137. The summed E-state index contributed by atoms with van der Waals surface area (Å²) in [5.74, 6) is 0.543. The highest BCUT2D eigenvalue weighted by atomic mass is 19.4. The molecule has 2 aromatic carbocycles. The Bertz CT molecular complexity index is 1550. The molecule has 43 heavy (non-hydrogen) atoms. The smallest absolute Gasteiger partial charge is 0.416 e. The van der Waals surface area contributed by atoms with E-state index in [1.165, 1.54) is 6.07 Å². The van der Waals surface area contributed by atoms with Gasteiger partial charge in [0.15, 0.2) is 5.82 Å². The van der Waals surface area contributed by atoms with Crippen molar-refractivity contribution in [2.45, 2.75) is 57.3 Å². The molecule has 0 unspecified atom stereocenters. The standard InChI is InChI=1S/C32H34F3N5O3/c1-31(2,3)43-30(42)39-14-12-22(18-39)20-6-5-9-24(17-20)36-29(41)40-25-13-15-38(19-25)27-11-10-26(37-28(27)40)21-7-4-8-23(16-21)32(33,34)35/h4-11,16-17,22,25H,12-15,18-19H2,1-3H3,(H,36,41)/t22-,25+/m1/s1. The van der Waals surface area contributed by atoms with Gasteiger partial charge in [-0.1, -0.05) is 24.3 Å². The Morgan fingerprint density at radius 3 is 2.51 bits per heavy atom. The molecule has 4 heterocycles. The molecular weight excluding hydrogens is 559 g/mol. The molecule has 0 aliphatic carbocycles. The molecule has 2 atom stereocenters. The highest BCUT2D eigenvalue weighted by molar-refractivity contribution is 6.04. The number of ether oxygens (including phenoxy) is 1. The number of nitrogens with zero attached hydrogens (tertiary/aromatic N) is 4. The molecular formula is C32H34F3N5O3. The molecule has 1 aromatic heterocycles. The molecule has 3 aromatic rings. The molecule has 11 heteroatoms. The number of carbonyl (C=O) groups excluding carboxylic acids is 2. The molecule has 3 aliphatic heterocycles. The monoisotopic (exact) mass is 593 g/mol. The summed E-state index contributed by atoms with van der Waals surface area (Å²) in [6.45, 7) is 8.08. The third-order valence-corrected chi connectivity index (χ3v) is 8.11. The van der Waals surface area contributed by atoms with Gasteiger partial charge in [0.05, 0.1) is 23.0 Å². The number of urea groups is 1. The number of hydrogen-bond donors (Lipinski definition) is 1. The van der Waals surface area contributed by atoms with Crippen LogP contribution in [0.3, 0.4) is 0 Å². The number of nitrogens with one attached hydrogen (secondary N) is 1. The Morgan fingerprint density at radius 2 is 1.74 bits per heavy atom. The lowest BCUT2D eigenvalue weighted by Crippen LogP contribution is -2.48. The van der Waals surface area contributed by atoms with Crippen LogP contribution in [0.25, 0.3) is 11.3 Å². The van der Waals surface area contributed by atoms with E-state index in [2.05, 4.69) is 10.2 Å². The average molecular weight is 594 g/mol. The highest BCUT2D eigenvalue weighted by Crippen LogP contribution is 2.41. The van der Waals surface area contributed by atoms with Crippen molar-refractivity contribution in [3.63, 3.8) is 0 Å². The van der Waals surface area contributed by atoms with Gasteiger partial charge in [-0.05, 0) is 75.6 Å². The van der Waals surface area contributed by atoms with Gasteiger partial charge in [-0.2, -0.15) is 13.2 Å². The second-order valence-electron chi connectivity index (χ2n) is 12.3. The zero-order valence-corrected chi connectivity index (χ0v) is 24.3. The van der Waals surface area contributed by atoms with E-state index in [0.29, 0.717) is 42.4 Å². The number of likely N-dealkylation sites (tertiary alicyclic amines) is 1. The molecule has 8 nitrogen and oxygen atoms in total. The summed E-state index contributed by atoms with van der Waals surface area (Å²) in [6, 6.07) is 15.8. The predicted molar refractivity (Wildman–Crippen MR) is 158 cm³/mol. The summed E-state index contributed by atoms with van der Waals surface area (Å²) >= 11 is 0. The first-order valence-corrected chi connectivity index (χ1v) is 14.5. The zero-order chi connectivity index (χ0) is 30.5. The molecule has 2 saturated heterocycles. The highest BCUT2D eigenvalue weighted by Gasteiger charge is 2.40. The molecule has 226 valence electrons. The molecule has 2 fully saturated rings. The number of alkyl halides is 3. The maximum absolute atomic E-state index is 13.8.